The Balaban J connectivity index is 2.72. The van der Waals surface area contributed by atoms with E-state index in [1.54, 1.807) is 18.2 Å². The number of allylic oxidation sites excluding steroid dienone is 1. The molecular weight excluding hydrogens is 256 g/mol. The van der Waals surface area contributed by atoms with Gasteiger partial charge in [-0.15, -0.1) is 0 Å². The number of fused-ring (bicyclic) bond motifs is 1. The van der Waals surface area contributed by atoms with Gasteiger partial charge in [0.25, 0.3) is 0 Å². The predicted molar refractivity (Wildman–Crippen MR) is 71.3 cm³/mol. The molecule has 0 amide bonds. The molecule has 1 unspecified atom stereocenters. The molecule has 1 atom stereocenters. The first-order valence-corrected chi connectivity index (χ1v) is 5.65. The van der Waals surface area contributed by atoms with Crippen molar-refractivity contribution in [1.29, 1.82) is 15.9 Å². The first-order chi connectivity index (χ1) is 9.63. The first-order valence-electron chi connectivity index (χ1n) is 5.65. The lowest BCUT2D eigenvalue weighted by Gasteiger charge is -2.14. The highest BCUT2D eigenvalue weighted by Crippen LogP contribution is 2.32. The molecule has 0 fully saturated rings. The molecule has 98 valence electrons. The van der Waals surface area contributed by atoms with Crippen LogP contribution in [0, 0.1) is 28.1 Å². The minimum Gasteiger partial charge on any atom is -0.376 e. The number of rotatable bonds is 3. The van der Waals surface area contributed by atoms with Crippen LogP contribution >= 0.6 is 0 Å². The number of nitrogens with zero attached hydrogens (tertiary/aromatic N) is 5. The molecule has 0 saturated carbocycles. The number of benzene rings is 1. The fourth-order valence-electron chi connectivity index (χ4n) is 1.92. The van der Waals surface area contributed by atoms with Crippen LogP contribution in [0.5, 0.6) is 0 Å². The van der Waals surface area contributed by atoms with Gasteiger partial charge in [0.2, 0.25) is 0 Å². The Morgan fingerprint density at radius 2 is 2.00 bits per heavy atom. The van der Waals surface area contributed by atoms with Crippen molar-refractivity contribution in [3.05, 3.63) is 23.3 Å². The molecule has 0 saturated heterocycles. The highest BCUT2D eigenvalue weighted by Gasteiger charge is 2.23. The number of nitrogens with one attached hydrogen (secondary N) is 1. The summed E-state index contributed by atoms with van der Waals surface area (Å²) >= 11 is 0. The first kappa shape index (κ1) is 13.3. The van der Waals surface area contributed by atoms with Crippen LogP contribution in [0.3, 0.4) is 0 Å². The van der Waals surface area contributed by atoms with Crippen molar-refractivity contribution in [3.8, 4) is 12.1 Å². The summed E-state index contributed by atoms with van der Waals surface area (Å²) in [5.74, 6) is 1.08. The van der Waals surface area contributed by atoms with Crippen LogP contribution in [0.15, 0.2) is 22.3 Å². The van der Waals surface area contributed by atoms with E-state index in [1.165, 1.54) is 0 Å². The molecular formula is C13H10N6O. The molecule has 0 radical (unpaired) electrons. The molecule has 1 N–H and O–H groups in total. The zero-order valence-electron chi connectivity index (χ0n) is 10.9. The van der Waals surface area contributed by atoms with E-state index in [9.17, 15) is 5.26 Å². The fraction of sp³-hybridized carbons (Fsp3) is 0.231. The molecule has 1 aromatic heterocycles. The summed E-state index contributed by atoms with van der Waals surface area (Å²) in [6, 6.07) is 7.24. The zero-order chi connectivity index (χ0) is 14.7. The molecule has 0 aliphatic carbocycles. The lowest BCUT2D eigenvalue weighted by molar-refractivity contribution is 0.315. The Labute approximate surface area is 114 Å². The van der Waals surface area contributed by atoms with Crippen LogP contribution in [0.25, 0.3) is 11.0 Å². The van der Waals surface area contributed by atoms with Gasteiger partial charge in [-0.2, -0.15) is 10.5 Å². The summed E-state index contributed by atoms with van der Waals surface area (Å²) in [5.41, 5.74) is 2.11. The van der Waals surface area contributed by atoms with Crippen molar-refractivity contribution in [2.45, 2.75) is 5.92 Å². The monoisotopic (exact) mass is 266 g/mol. The molecule has 1 heterocycles. The van der Waals surface area contributed by atoms with Gasteiger partial charge in [-0.05, 0) is 22.2 Å². The van der Waals surface area contributed by atoms with E-state index in [1.807, 2.05) is 30.9 Å². The largest absolute Gasteiger partial charge is 0.376 e. The van der Waals surface area contributed by atoms with E-state index in [0.717, 1.165) is 5.69 Å². The van der Waals surface area contributed by atoms with Crippen LogP contribution in [0.4, 0.5) is 5.69 Å². The SMILES string of the molecule is CN(C)c1ccc(C(C#N)C(=C=N)C#N)c2nonc12. The van der Waals surface area contributed by atoms with Crippen molar-refractivity contribution in [2.24, 2.45) is 0 Å². The molecule has 0 bridgehead atoms. The Hall–Kier alpha value is -3.15. The number of hydrogen-bond acceptors (Lipinski definition) is 7. The smallest absolute Gasteiger partial charge is 0.158 e. The standard InChI is InChI=1S/C13H10N6O/c1-19(2)11-4-3-9(12-13(11)18-20-17-12)10(7-16)8(5-14)6-15/h3-4,10,14H,1-2H3. The Morgan fingerprint density at radius 1 is 1.30 bits per heavy atom. The van der Waals surface area contributed by atoms with E-state index >= 15 is 0 Å². The Kier molecular flexibility index (Phi) is 3.47. The fourth-order valence-corrected chi connectivity index (χ4v) is 1.92. The van der Waals surface area contributed by atoms with Gasteiger partial charge in [-0.25, -0.2) is 4.63 Å². The summed E-state index contributed by atoms with van der Waals surface area (Å²) in [4.78, 5) is 1.84. The Morgan fingerprint density at radius 3 is 2.55 bits per heavy atom. The number of anilines is 1. The molecule has 7 nitrogen and oxygen atoms in total. The zero-order valence-corrected chi connectivity index (χ0v) is 10.9. The maximum absolute atomic E-state index is 9.25. The van der Waals surface area contributed by atoms with Crippen LogP contribution in [-0.2, 0) is 0 Å². The normalized spacial score (nSPS) is 11.2. The van der Waals surface area contributed by atoms with Crippen molar-refractivity contribution in [2.75, 3.05) is 19.0 Å². The molecule has 0 spiro atoms. The molecule has 2 aromatic rings. The molecule has 1 aromatic carbocycles. The molecule has 0 aliphatic rings. The van der Waals surface area contributed by atoms with Gasteiger partial charge in [0.1, 0.15) is 23.1 Å². The Bertz CT molecular complexity index is 785. The second-order valence-electron chi connectivity index (χ2n) is 4.24. The van der Waals surface area contributed by atoms with E-state index in [-0.39, 0.29) is 5.57 Å². The number of nitriles is 2. The third kappa shape index (κ3) is 1.99. The quantitative estimate of drug-likeness (QED) is 0.666. The van der Waals surface area contributed by atoms with Crippen molar-refractivity contribution >= 4 is 22.6 Å². The summed E-state index contributed by atoms with van der Waals surface area (Å²) in [7, 11) is 3.70. The predicted octanol–water partition coefficient (Wildman–Crippen LogP) is 1.59. The second-order valence-corrected chi connectivity index (χ2v) is 4.24. The van der Waals surface area contributed by atoms with E-state index < -0.39 is 5.92 Å². The van der Waals surface area contributed by atoms with Crippen molar-refractivity contribution < 1.29 is 4.63 Å². The van der Waals surface area contributed by atoms with Crippen LogP contribution in [0.1, 0.15) is 11.5 Å². The average Bonchev–Trinajstić information content (AvgIpc) is 2.93. The van der Waals surface area contributed by atoms with Crippen LogP contribution < -0.4 is 4.90 Å². The van der Waals surface area contributed by atoms with Crippen molar-refractivity contribution in [1.82, 2.24) is 10.3 Å². The van der Waals surface area contributed by atoms with E-state index in [0.29, 0.717) is 16.6 Å². The van der Waals surface area contributed by atoms with Crippen LogP contribution in [-0.4, -0.2) is 30.3 Å². The van der Waals surface area contributed by atoms with Crippen molar-refractivity contribution in [3.63, 3.8) is 0 Å². The maximum atomic E-state index is 9.25. The number of hydrogen-bond donors (Lipinski definition) is 1. The molecule has 7 heteroatoms. The van der Waals surface area contributed by atoms with Crippen LogP contribution in [0.2, 0.25) is 0 Å². The van der Waals surface area contributed by atoms with Gasteiger partial charge < -0.3 is 4.90 Å². The maximum Gasteiger partial charge on any atom is 0.158 e. The number of aromatic nitrogens is 2. The molecule has 20 heavy (non-hydrogen) atoms. The third-order valence-corrected chi connectivity index (χ3v) is 2.89. The van der Waals surface area contributed by atoms with Gasteiger partial charge in [-0.1, -0.05) is 6.07 Å². The minimum absolute atomic E-state index is 0.0746. The highest BCUT2D eigenvalue weighted by molar-refractivity contribution is 5.91. The molecule has 0 aliphatic heterocycles. The van der Waals surface area contributed by atoms with Gasteiger partial charge in [0.05, 0.1) is 11.8 Å². The second kappa shape index (κ2) is 5.23. The van der Waals surface area contributed by atoms with Gasteiger partial charge in [0.15, 0.2) is 5.52 Å². The summed E-state index contributed by atoms with van der Waals surface area (Å²) < 4.78 is 4.74. The average molecular weight is 266 g/mol. The van der Waals surface area contributed by atoms with E-state index in [2.05, 4.69) is 10.3 Å². The summed E-state index contributed by atoms with van der Waals surface area (Å²) in [6.07, 6.45) is 0. The highest BCUT2D eigenvalue weighted by atomic mass is 16.6. The third-order valence-electron chi connectivity index (χ3n) is 2.89. The lowest BCUT2D eigenvalue weighted by atomic mass is 9.92. The summed E-state index contributed by atoms with van der Waals surface area (Å²) in [5, 5.41) is 33.0. The van der Waals surface area contributed by atoms with E-state index in [4.69, 9.17) is 15.3 Å². The van der Waals surface area contributed by atoms with Gasteiger partial charge >= 0.3 is 0 Å². The van der Waals surface area contributed by atoms with Gasteiger partial charge in [-0.3, -0.25) is 5.41 Å². The van der Waals surface area contributed by atoms with Gasteiger partial charge in [0, 0.05) is 19.7 Å². The molecule has 2 rings (SSSR count). The topological polar surface area (TPSA) is 114 Å². The minimum atomic E-state index is -0.914. The summed E-state index contributed by atoms with van der Waals surface area (Å²) in [6.45, 7) is 0. The lowest BCUT2D eigenvalue weighted by Crippen LogP contribution is -2.10.